The first kappa shape index (κ1) is 9.22. The van der Waals surface area contributed by atoms with Gasteiger partial charge in [0.2, 0.25) is 0 Å². The molecule has 15 heavy (non-hydrogen) atoms. The molecule has 0 radical (unpaired) electrons. The van der Waals surface area contributed by atoms with Gasteiger partial charge in [0.1, 0.15) is 5.75 Å². The van der Waals surface area contributed by atoms with Gasteiger partial charge in [-0.2, -0.15) is 0 Å². The zero-order valence-electron chi connectivity index (χ0n) is 8.87. The summed E-state index contributed by atoms with van der Waals surface area (Å²) in [5.41, 5.74) is 1.87. The van der Waals surface area contributed by atoms with Gasteiger partial charge in [-0.15, -0.1) is 0 Å². The molecule has 2 N–H and O–H groups in total. The van der Waals surface area contributed by atoms with Crippen LogP contribution in [0, 0.1) is 5.92 Å². The molecule has 3 rings (SSSR count). The highest BCUT2D eigenvalue weighted by Crippen LogP contribution is 2.55. The minimum Gasteiger partial charge on any atom is -0.508 e. The van der Waals surface area contributed by atoms with E-state index >= 15 is 0 Å². The van der Waals surface area contributed by atoms with Crippen molar-refractivity contribution in [3.63, 3.8) is 0 Å². The standard InChI is InChI=1S/C13H17NO/c15-12-3-1-10(2-4-12)13(6-7-13)11-5-8-14-9-11/h1-4,11,14-15H,5-9H2. The van der Waals surface area contributed by atoms with Crippen LogP contribution in [0.1, 0.15) is 24.8 Å². The molecular weight excluding hydrogens is 186 g/mol. The Bertz CT molecular complexity index is 347. The molecule has 0 bridgehead atoms. The molecule has 1 atom stereocenters. The summed E-state index contributed by atoms with van der Waals surface area (Å²) in [5, 5.41) is 12.7. The number of nitrogens with one attached hydrogen (secondary N) is 1. The van der Waals surface area contributed by atoms with E-state index in [1.807, 2.05) is 12.1 Å². The van der Waals surface area contributed by atoms with E-state index in [0.29, 0.717) is 11.2 Å². The lowest BCUT2D eigenvalue weighted by Crippen LogP contribution is -2.22. The Balaban J connectivity index is 1.89. The van der Waals surface area contributed by atoms with Crippen LogP contribution in [-0.2, 0) is 5.41 Å². The van der Waals surface area contributed by atoms with Gasteiger partial charge >= 0.3 is 0 Å². The summed E-state index contributed by atoms with van der Waals surface area (Å²) >= 11 is 0. The molecule has 1 unspecified atom stereocenters. The second-order valence-electron chi connectivity index (χ2n) is 4.89. The molecule has 1 saturated heterocycles. The van der Waals surface area contributed by atoms with Crippen molar-refractivity contribution in [3.8, 4) is 5.75 Å². The van der Waals surface area contributed by atoms with E-state index in [1.165, 1.54) is 37.9 Å². The van der Waals surface area contributed by atoms with Crippen molar-refractivity contribution in [2.45, 2.75) is 24.7 Å². The van der Waals surface area contributed by atoms with Crippen LogP contribution in [0.4, 0.5) is 0 Å². The van der Waals surface area contributed by atoms with Gasteiger partial charge in [-0.3, -0.25) is 0 Å². The predicted molar refractivity (Wildman–Crippen MR) is 60.0 cm³/mol. The average Bonchev–Trinajstić information content (AvgIpc) is 2.88. The number of hydrogen-bond acceptors (Lipinski definition) is 2. The van der Waals surface area contributed by atoms with Crippen LogP contribution >= 0.6 is 0 Å². The molecule has 0 spiro atoms. The smallest absolute Gasteiger partial charge is 0.115 e. The van der Waals surface area contributed by atoms with Crippen LogP contribution in [0.15, 0.2) is 24.3 Å². The summed E-state index contributed by atoms with van der Waals surface area (Å²) < 4.78 is 0. The summed E-state index contributed by atoms with van der Waals surface area (Å²) in [4.78, 5) is 0. The molecule has 2 fully saturated rings. The number of phenols is 1. The lowest BCUT2D eigenvalue weighted by molar-refractivity contribution is 0.437. The van der Waals surface area contributed by atoms with Crippen LogP contribution in [0.2, 0.25) is 0 Å². The molecule has 80 valence electrons. The average molecular weight is 203 g/mol. The van der Waals surface area contributed by atoms with Crippen LogP contribution in [-0.4, -0.2) is 18.2 Å². The summed E-state index contributed by atoms with van der Waals surface area (Å²) in [6.07, 6.45) is 3.95. The molecule has 2 nitrogen and oxygen atoms in total. The number of phenolic OH excluding ortho intramolecular Hbond substituents is 1. The van der Waals surface area contributed by atoms with Crippen molar-refractivity contribution in [2.75, 3.05) is 13.1 Å². The molecule has 1 aliphatic carbocycles. The highest BCUT2D eigenvalue weighted by Gasteiger charge is 2.50. The first-order valence-electron chi connectivity index (χ1n) is 5.81. The van der Waals surface area contributed by atoms with Gasteiger partial charge in [0.25, 0.3) is 0 Å². The van der Waals surface area contributed by atoms with Crippen LogP contribution in [0.3, 0.4) is 0 Å². The van der Waals surface area contributed by atoms with E-state index in [2.05, 4.69) is 17.4 Å². The first-order chi connectivity index (χ1) is 7.31. The fourth-order valence-corrected chi connectivity index (χ4v) is 2.99. The fraction of sp³-hybridized carbons (Fsp3) is 0.538. The third-order valence-corrected chi connectivity index (χ3v) is 4.07. The maximum Gasteiger partial charge on any atom is 0.115 e. The van der Waals surface area contributed by atoms with E-state index in [0.717, 1.165) is 5.92 Å². The molecule has 2 heteroatoms. The molecular formula is C13H17NO. The summed E-state index contributed by atoms with van der Waals surface area (Å²) in [6, 6.07) is 7.83. The Morgan fingerprint density at radius 3 is 2.47 bits per heavy atom. The van der Waals surface area contributed by atoms with Crippen molar-refractivity contribution in [1.29, 1.82) is 0 Å². The zero-order chi connectivity index (χ0) is 10.3. The Labute approximate surface area is 90.3 Å². The minimum absolute atomic E-state index is 0.374. The predicted octanol–water partition coefficient (Wildman–Crippen LogP) is 2.03. The lowest BCUT2D eigenvalue weighted by Gasteiger charge is -2.22. The Hall–Kier alpha value is -1.02. The van der Waals surface area contributed by atoms with Gasteiger partial charge in [-0.05, 0) is 61.4 Å². The zero-order valence-corrected chi connectivity index (χ0v) is 8.87. The second kappa shape index (κ2) is 3.24. The molecule has 2 aliphatic rings. The van der Waals surface area contributed by atoms with Gasteiger partial charge in [-0.25, -0.2) is 0 Å². The fourth-order valence-electron chi connectivity index (χ4n) is 2.99. The first-order valence-corrected chi connectivity index (χ1v) is 5.81. The van der Waals surface area contributed by atoms with Crippen molar-refractivity contribution in [2.24, 2.45) is 5.92 Å². The molecule has 0 amide bonds. The quantitative estimate of drug-likeness (QED) is 0.771. The molecule has 1 saturated carbocycles. The lowest BCUT2D eigenvalue weighted by atomic mass is 9.82. The number of hydrogen-bond donors (Lipinski definition) is 2. The van der Waals surface area contributed by atoms with Gasteiger partial charge in [0, 0.05) is 0 Å². The Morgan fingerprint density at radius 2 is 1.93 bits per heavy atom. The van der Waals surface area contributed by atoms with Crippen LogP contribution in [0.25, 0.3) is 0 Å². The largest absolute Gasteiger partial charge is 0.508 e. The van der Waals surface area contributed by atoms with Gasteiger partial charge in [0.05, 0.1) is 0 Å². The third kappa shape index (κ3) is 1.44. The van der Waals surface area contributed by atoms with Crippen molar-refractivity contribution in [3.05, 3.63) is 29.8 Å². The summed E-state index contributed by atoms with van der Waals surface area (Å²) in [6.45, 7) is 2.34. The van der Waals surface area contributed by atoms with E-state index in [-0.39, 0.29) is 0 Å². The highest BCUT2D eigenvalue weighted by atomic mass is 16.3. The number of rotatable bonds is 2. The second-order valence-corrected chi connectivity index (χ2v) is 4.89. The topological polar surface area (TPSA) is 32.3 Å². The SMILES string of the molecule is Oc1ccc(C2(C3CCNC3)CC2)cc1. The van der Waals surface area contributed by atoms with Crippen molar-refractivity contribution < 1.29 is 5.11 Å². The monoisotopic (exact) mass is 203 g/mol. The molecule has 0 aromatic heterocycles. The van der Waals surface area contributed by atoms with E-state index in [1.54, 1.807) is 0 Å². The summed E-state index contributed by atoms with van der Waals surface area (Å²) in [5.74, 6) is 1.18. The Kier molecular flexibility index (Phi) is 1.99. The Morgan fingerprint density at radius 1 is 1.20 bits per heavy atom. The van der Waals surface area contributed by atoms with E-state index in [4.69, 9.17) is 0 Å². The normalized spacial score (nSPS) is 27.9. The van der Waals surface area contributed by atoms with Crippen molar-refractivity contribution >= 4 is 0 Å². The van der Waals surface area contributed by atoms with Crippen LogP contribution in [0.5, 0.6) is 5.75 Å². The van der Waals surface area contributed by atoms with E-state index in [9.17, 15) is 5.11 Å². The maximum atomic E-state index is 9.30. The molecule has 1 aromatic carbocycles. The minimum atomic E-state index is 0.374. The number of benzene rings is 1. The van der Waals surface area contributed by atoms with Crippen LogP contribution < -0.4 is 5.32 Å². The van der Waals surface area contributed by atoms with Gasteiger partial charge in [-0.1, -0.05) is 12.1 Å². The van der Waals surface area contributed by atoms with E-state index < -0.39 is 0 Å². The van der Waals surface area contributed by atoms with Crippen molar-refractivity contribution in [1.82, 2.24) is 5.32 Å². The number of aromatic hydroxyl groups is 1. The third-order valence-electron chi connectivity index (χ3n) is 4.07. The maximum absolute atomic E-state index is 9.30. The van der Waals surface area contributed by atoms with Gasteiger partial charge < -0.3 is 10.4 Å². The summed E-state index contributed by atoms with van der Waals surface area (Å²) in [7, 11) is 0. The molecule has 1 aliphatic heterocycles. The molecule has 1 heterocycles. The molecule has 1 aromatic rings. The van der Waals surface area contributed by atoms with Gasteiger partial charge in [0.15, 0.2) is 0 Å². The highest BCUT2D eigenvalue weighted by molar-refractivity contribution is 5.36.